The minimum atomic E-state index is -3.80. The number of amides is 1. The smallest absolute Gasteiger partial charge is 0.421 e. The second-order valence-corrected chi connectivity index (χ2v) is 6.38. The van der Waals surface area contributed by atoms with Crippen LogP contribution in [0.5, 0.6) is 0 Å². The molecule has 8 heteroatoms. The fourth-order valence-corrected chi connectivity index (χ4v) is 3.13. The molecule has 2 N–H and O–H groups in total. The van der Waals surface area contributed by atoms with Crippen LogP contribution in [0.15, 0.2) is 0 Å². The van der Waals surface area contributed by atoms with Gasteiger partial charge in [0.15, 0.2) is 0 Å². The highest BCUT2D eigenvalue weighted by Gasteiger charge is 2.42. The maximum atomic E-state index is 11.5. The van der Waals surface area contributed by atoms with Gasteiger partial charge in [-0.1, -0.05) is 15.9 Å². The van der Waals surface area contributed by atoms with E-state index < -0.39 is 16.3 Å². The van der Waals surface area contributed by atoms with E-state index in [0.717, 1.165) is 24.6 Å². The Balaban J connectivity index is 2.37. The lowest BCUT2D eigenvalue weighted by atomic mass is 10.1. The Kier molecular flexibility index (Phi) is 5.21. The Morgan fingerprint density at radius 2 is 2.12 bits per heavy atom. The average molecular weight is 329 g/mol. The SMILES string of the molecule is CCOC(=O)NS(=O)(=O)NCC1(CCBr)CC1. The predicted octanol–water partition coefficient (Wildman–Crippen LogP) is 1.13. The Morgan fingerprint density at radius 3 is 2.59 bits per heavy atom. The van der Waals surface area contributed by atoms with Gasteiger partial charge < -0.3 is 4.74 Å². The van der Waals surface area contributed by atoms with E-state index in [1.54, 1.807) is 11.6 Å². The van der Waals surface area contributed by atoms with Crippen LogP contribution in [-0.2, 0) is 14.9 Å². The minimum absolute atomic E-state index is 0.0624. The number of ether oxygens (including phenoxy) is 1. The maximum Gasteiger partial charge on any atom is 0.421 e. The van der Waals surface area contributed by atoms with Crippen LogP contribution in [0.3, 0.4) is 0 Å². The molecule has 1 rings (SSSR count). The first-order valence-electron chi connectivity index (χ1n) is 5.43. The van der Waals surface area contributed by atoms with Crippen LogP contribution in [0.1, 0.15) is 26.2 Å². The topological polar surface area (TPSA) is 84.5 Å². The lowest BCUT2D eigenvalue weighted by molar-refractivity contribution is 0.158. The van der Waals surface area contributed by atoms with Gasteiger partial charge in [-0.15, -0.1) is 0 Å². The second-order valence-electron chi connectivity index (χ2n) is 4.09. The number of hydrogen-bond donors (Lipinski definition) is 2. The first-order chi connectivity index (χ1) is 7.93. The van der Waals surface area contributed by atoms with Gasteiger partial charge in [0.1, 0.15) is 0 Å². The van der Waals surface area contributed by atoms with Crippen molar-refractivity contribution in [2.75, 3.05) is 18.5 Å². The van der Waals surface area contributed by atoms with Crippen molar-refractivity contribution in [1.29, 1.82) is 0 Å². The Labute approximate surface area is 110 Å². The molecule has 0 radical (unpaired) electrons. The highest BCUT2D eigenvalue weighted by atomic mass is 79.9. The normalized spacial score (nSPS) is 17.5. The van der Waals surface area contributed by atoms with Crippen LogP contribution < -0.4 is 9.44 Å². The Hall–Kier alpha value is -0.340. The summed E-state index contributed by atoms with van der Waals surface area (Å²) in [5, 5.41) is 0.847. The van der Waals surface area contributed by atoms with E-state index in [4.69, 9.17) is 0 Å². The summed E-state index contributed by atoms with van der Waals surface area (Å²) in [6.07, 6.45) is 2.00. The molecule has 17 heavy (non-hydrogen) atoms. The molecule has 0 aliphatic heterocycles. The van der Waals surface area contributed by atoms with E-state index in [-0.39, 0.29) is 12.0 Å². The highest BCUT2D eigenvalue weighted by Crippen LogP contribution is 2.48. The van der Waals surface area contributed by atoms with Crippen LogP contribution >= 0.6 is 15.9 Å². The predicted molar refractivity (Wildman–Crippen MR) is 67.2 cm³/mol. The first kappa shape index (κ1) is 14.7. The van der Waals surface area contributed by atoms with Gasteiger partial charge >= 0.3 is 16.3 Å². The summed E-state index contributed by atoms with van der Waals surface area (Å²) in [6.45, 7) is 2.09. The molecule has 6 nitrogen and oxygen atoms in total. The van der Waals surface area contributed by atoms with Gasteiger partial charge in [-0.2, -0.15) is 13.1 Å². The van der Waals surface area contributed by atoms with Gasteiger partial charge in [0.2, 0.25) is 0 Å². The molecular weight excluding hydrogens is 312 g/mol. The summed E-state index contributed by atoms with van der Waals surface area (Å²) >= 11 is 3.34. The lowest BCUT2D eigenvalue weighted by Crippen LogP contribution is -2.42. The molecule has 1 saturated carbocycles. The molecule has 100 valence electrons. The van der Waals surface area contributed by atoms with E-state index in [0.29, 0.717) is 6.54 Å². The minimum Gasteiger partial charge on any atom is -0.449 e. The average Bonchev–Trinajstić information content (AvgIpc) is 2.96. The monoisotopic (exact) mass is 328 g/mol. The maximum absolute atomic E-state index is 11.5. The zero-order chi connectivity index (χ0) is 12.9. The van der Waals surface area contributed by atoms with Gasteiger partial charge in [-0.3, -0.25) is 0 Å². The molecule has 0 aromatic carbocycles. The van der Waals surface area contributed by atoms with Gasteiger partial charge in [-0.05, 0) is 31.6 Å². The summed E-state index contributed by atoms with van der Waals surface area (Å²) in [5.41, 5.74) is 0.0624. The van der Waals surface area contributed by atoms with Crippen molar-refractivity contribution >= 4 is 32.2 Å². The molecule has 0 aromatic rings. The quantitative estimate of drug-likeness (QED) is 0.686. The van der Waals surface area contributed by atoms with Crippen LogP contribution in [-0.4, -0.2) is 33.0 Å². The van der Waals surface area contributed by atoms with Crippen LogP contribution in [0.4, 0.5) is 4.79 Å². The molecular formula is C9H17BrN2O4S. The summed E-state index contributed by atoms with van der Waals surface area (Å²) in [4.78, 5) is 11.0. The number of hydrogen-bond acceptors (Lipinski definition) is 4. The van der Waals surface area contributed by atoms with E-state index in [2.05, 4.69) is 25.4 Å². The third-order valence-corrected chi connectivity index (χ3v) is 4.07. The molecule has 1 aliphatic rings. The fraction of sp³-hybridized carbons (Fsp3) is 0.889. The molecule has 0 aromatic heterocycles. The third-order valence-electron chi connectivity index (χ3n) is 2.71. The second kappa shape index (κ2) is 6.01. The molecule has 1 amide bonds. The van der Waals surface area contributed by atoms with Crippen LogP contribution in [0, 0.1) is 5.41 Å². The van der Waals surface area contributed by atoms with E-state index >= 15 is 0 Å². The van der Waals surface area contributed by atoms with Crippen molar-refractivity contribution in [2.45, 2.75) is 26.2 Å². The molecule has 0 saturated heterocycles. The fourth-order valence-electron chi connectivity index (χ4n) is 1.45. The van der Waals surface area contributed by atoms with Gasteiger partial charge in [0.05, 0.1) is 6.61 Å². The Bertz CT molecular complexity index is 367. The first-order valence-corrected chi connectivity index (χ1v) is 8.04. The van der Waals surface area contributed by atoms with Gasteiger partial charge in [0.25, 0.3) is 0 Å². The van der Waals surface area contributed by atoms with Crippen LogP contribution in [0.25, 0.3) is 0 Å². The molecule has 0 spiro atoms. The Morgan fingerprint density at radius 1 is 1.47 bits per heavy atom. The number of carbonyl (C=O) groups is 1. The van der Waals surface area contributed by atoms with Crippen molar-refractivity contribution in [1.82, 2.24) is 9.44 Å². The van der Waals surface area contributed by atoms with Crippen LogP contribution in [0.2, 0.25) is 0 Å². The van der Waals surface area contributed by atoms with Crippen molar-refractivity contribution in [2.24, 2.45) is 5.41 Å². The standard InChI is InChI=1S/C9H17BrN2O4S/c1-2-16-8(13)12-17(14,15)11-7-9(3-4-9)5-6-10/h11H,2-7H2,1H3,(H,12,13). The summed E-state index contributed by atoms with van der Waals surface area (Å²) in [6, 6.07) is 0. The zero-order valence-electron chi connectivity index (χ0n) is 9.66. The summed E-state index contributed by atoms with van der Waals surface area (Å²) in [5.74, 6) is 0. The van der Waals surface area contributed by atoms with Crippen molar-refractivity contribution in [3.63, 3.8) is 0 Å². The van der Waals surface area contributed by atoms with Gasteiger partial charge in [-0.25, -0.2) is 9.52 Å². The molecule has 0 bridgehead atoms. The van der Waals surface area contributed by atoms with Crippen molar-refractivity contribution < 1.29 is 17.9 Å². The van der Waals surface area contributed by atoms with Crippen molar-refractivity contribution in [3.05, 3.63) is 0 Å². The molecule has 0 unspecified atom stereocenters. The van der Waals surface area contributed by atoms with E-state index in [9.17, 15) is 13.2 Å². The largest absolute Gasteiger partial charge is 0.449 e. The molecule has 1 fully saturated rings. The summed E-state index contributed by atoms with van der Waals surface area (Å²) < 4.78 is 31.6. The number of carbonyl (C=O) groups excluding carboxylic acids is 1. The van der Waals surface area contributed by atoms with E-state index in [1.165, 1.54) is 0 Å². The molecule has 0 atom stereocenters. The number of rotatable bonds is 7. The summed E-state index contributed by atoms with van der Waals surface area (Å²) in [7, 11) is -3.80. The number of nitrogens with one attached hydrogen (secondary N) is 2. The number of halogens is 1. The number of alkyl halides is 1. The van der Waals surface area contributed by atoms with Gasteiger partial charge in [0, 0.05) is 11.9 Å². The van der Waals surface area contributed by atoms with Crippen molar-refractivity contribution in [3.8, 4) is 0 Å². The molecule has 1 aliphatic carbocycles. The molecule has 0 heterocycles. The lowest BCUT2D eigenvalue weighted by Gasteiger charge is -2.14. The zero-order valence-corrected chi connectivity index (χ0v) is 12.1. The highest BCUT2D eigenvalue weighted by molar-refractivity contribution is 9.09. The third kappa shape index (κ3) is 5.22. The van der Waals surface area contributed by atoms with E-state index in [1.807, 2.05) is 0 Å².